The van der Waals surface area contributed by atoms with Crippen molar-refractivity contribution in [2.75, 3.05) is 57.4 Å². The van der Waals surface area contributed by atoms with E-state index in [1.807, 2.05) is 11.0 Å². The number of amides is 1. The average molecular weight is 448 g/mol. The third kappa shape index (κ3) is 4.72. The molecule has 2 saturated heterocycles. The predicted molar refractivity (Wildman–Crippen MR) is 130 cm³/mol. The molecule has 2 aliphatic rings. The fourth-order valence-electron chi connectivity index (χ4n) is 4.42. The first-order chi connectivity index (χ1) is 15.8. The fourth-order valence-corrected chi connectivity index (χ4v) is 5.62. The lowest BCUT2D eigenvalue weighted by Gasteiger charge is -2.34. The number of morpholine rings is 1. The third-order valence-electron chi connectivity index (χ3n) is 6.21. The van der Waals surface area contributed by atoms with Crippen molar-refractivity contribution in [1.29, 1.82) is 0 Å². The highest BCUT2D eigenvalue weighted by Gasteiger charge is 2.26. The SMILES string of the molecule is O=C(c1cc(-c2ccccc2)c(N2CCOCC2)s1)N1CCN(Cc2ccccc2)CC1. The molecule has 1 amide bonds. The molecule has 0 saturated carbocycles. The van der Waals surface area contributed by atoms with Crippen LogP contribution in [0.5, 0.6) is 0 Å². The Bertz CT molecular complexity index is 1020. The summed E-state index contributed by atoms with van der Waals surface area (Å²) in [6.45, 7) is 7.52. The topological polar surface area (TPSA) is 36.0 Å². The van der Waals surface area contributed by atoms with Gasteiger partial charge in [0.2, 0.25) is 0 Å². The number of piperazine rings is 1. The van der Waals surface area contributed by atoms with Crippen LogP contribution in [-0.2, 0) is 11.3 Å². The summed E-state index contributed by atoms with van der Waals surface area (Å²) in [7, 11) is 0. The van der Waals surface area contributed by atoms with Crippen LogP contribution in [0.15, 0.2) is 66.7 Å². The van der Waals surface area contributed by atoms with Gasteiger partial charge >= 0.3 is 0 Å². The number of carbonyl (C=O) groups is 1. The maximum atomic E-state index is 13.4. The predicted octanol–water partition coefficient (Wildman–Crippen LogP) is 4.21. The van der Waals surface area contributed by atoms with Gasteiger partial charge in [0.25, 0.3) is 5.91 Å². The molecule has 0 bridgehead atoms. The zero-order chi connectivity index (χ0) is 21.8. The van der Waals surface area contributed by atoms with Crippen molar-refractivity contribution >= 4 is 22.2 Å². The van der Waals surface area contributed by atoms with Gasteiger partial charge in [0.15, 0.2) is 0 Å². The largest absolute Gasteiger partial charge is 0.378 e. The maximum absolute atomic E-state index is 13.4. The second kappa shape index (κ2) is 9.86. The molecule has 166 valence electrons. The molecule has 0 aliphatic carbocycles. The molecule has 3 aromatic rings. The van der Waals surface area contributed by atoms with Crippen LogP contribution in [0.2, 0.25) is 0 Å². The number of hydrogen-bond acceptors (Lipinski definition) is 5. The summed E-state index contributed by atoms with van der Waals surface area (Å²) >= 11 is 1.63. The van der Waals surface area contributed by atoms with Gasteiger partial charge in [0, 0.05) is 51.4 Å². The van der Waals surface area contributed by atoms with Crippen LogP contribution in [0.3, 0.4) is 0 Å². The second-order valence-electron chi connectivity index (χ2n) is 8.35. The molecule has 2 aliphatic heterocycles. The first kappa shape index (κ1) is 21.2. The zero-order valence-electron chi connectivity index (χ0n) is 18.3. The van der Waals surface area contributed by atoms with E-state index in [1.54, 1.807) is 11.3 Å². The molecule has 0 spiro atoms. The Morgan fingerprint density at radius 2 is 1.50 bits per heavy atom. The van der Waals surface area contributed by atoms with Gasteiger partial charge in [-0.25, -0.2) is 0 Å². The van der Waals surface area contributed by atoms with Crippen LogP contribution in [0.1, 0.15) is 15.2 Å². The van der Waals surface area contributed by atoms with Crippen molar-refractivity contribution in [2.24, 2.45) is 0 Å². The lowest BCUT2D eigenvalue weighted by atomic mass is 10.1. The minimum absolute atomic E-state index is 0.158. The minimum atomic E-state index is 0.158. The minimum Gasteiger partial charge on any atom is -0.378 e. The maximum Gasteiger partial charge on any atom is 0.264 e. The van der Waals surface area contributed by atoms with Crippen LogP contribution in [-0.4, -0.2) is 68.2 Å². The van der Waals surface area contributed by atoms with Gasteiger partial charge in [-0.05, 0) is 17.2 Å². The number of hydrogen-bond donors (Lipinski definition) is 0. The van der Waals surface area contributed by atoms with Gasteiger partial charge in [-0.2, -0.15) is 0 Å². The fraction of sp³-hybridized carbons (Fsp3) is 0.346. The molecule has 0 N–H and O–H groups in total. The molecule has 5 rings (SSSR count). The monoisotopic (exact) mass is 447 g/mol. The molecular weight excluding hydrogens is 418 g/mol. The van der Waals surface area contributed by atoms with Crippen LogP contribution < -0.4 is 4.90 Å². The quantitative estimate of drug-likeness (QED) is 0.587. The third-order valence-corrected chi connectivity index (χ3v) is 7.40. The van der Waals surface area contributed by atoms with Crippen LogP contribution in [0.4, 0.5) is 5.00 Å². The normalized spacial score (nSPS) is 17.5. The molecule has 1 aromatic heterocycles. The Labute approximate surface area is 193 Å². The first-order valence-corrected chi connectivity index (χ1v) is 12.2. The molecule has 0 atom stereocenters. The van der Waals surface area contributed by atoms with E-state index in [9.17, 15) is 4.79 Å². The Hall–Kier alpha value is -2.67. The van der Waals surface area contributed by atoms with E-state index < -0.39 is 0 Å². The molecule has 3 heterocycles. The van der Waals surface area contributed by atoms with Crippen molar-refractivity contribution in [2.45, 2.75) is 6.54 Å². The smallest absolute Gasteiger partial charge is 0.264 e. The lowest BCUT2D eigenvalue weighted by molar-refractivity contribution is 0.0633. The first-order valence-electron chi connectivity index (χ1n) is 11.4. The second-order valence-corrected chi connectivity index (χ2v) is 9.38. The molecule has 2 aromatic carbocycles. The summed E-state index contributed by atoms with van der Waals surface area (Å²) in [6, 6.07) is 23.1. The Morgan fingerprint density at radius 1 is 0.844 bits per heavy atom. The number of anilines is 1. The standard InChI is InChI=1S/C26H29N3O2S/c30-25(28-13-11-27(12-14-28)20-21-7-3-1-4-8-21)24-19-23(22-9-5-2-6-10-22)26(32-24)29-15-17-31-18-16-29/h1-10,19H,11-18,20H2. The van der Waals surface area contributed by atoms with Gasteiger partial charge in [0.1, 0.15) is 0 Å². The van der Waals surface area contributed by atoms with Crippen LogP contribution in [0, 0.1) is 0 Å². The average Bonchev–Trinajstić information content (AvgIpc) is 3.31. The molecule has 0 unspecified atom stereocenters. The van der Waals surface area contributed by atoms with Crippen molar-refractivity contribution < 1.29 is 9.53 Å². The lowest BCUT2D eigenvalue weighted by Crippen LogP contribution is -2.48. The molecule has 6 heteroatoms. The summed E-state index contributed by atoms with van der Waals surface area (Å²) in [6.07, 6.45) is 0. The number of carbonyl (C=O) groups excluding carboxylic acids is 1. The molecule has 2 fully saturated rings. The highest BCUT2D eigenvalue weighted by Crippen LogP contribution is 2.40. The molecular formula is C26H29N3O2S. The summed E-state index contributed by atoms with van der Waals surface area (Å²) in [5.41, 5.74) is 3.65. The van der Waals surface area contributed by atoms with Gasteiger partial charge in [-0.15, -0.1) is 11.3 Å². The Balaban J connectivity index is 1.31. The van der Waals surface area contributed by atoms with Crippen LogP contribution >= 0.6 is 11.3 Å². The van der Waals surface area contributed by atoms with Crippen molar-refractivity contribution in [3.63, 3.8) is 0 Å². The van der Waals surface area contributed by atoms with Gasteiger partial charge < -0.3 is 14.5 Å². The summed E-state index contributed by atoms with van der Waals surface area (Å²) in [5, 5.41) is 1.19. The van der Waals surface area contributed by atoms with Gasteiger partial charge in [-0.1, -0.05) is 60.7 Å². The van der Waals surface area contributed by atoms with E-state index in [2.05, 4.69) is 70.5 Å². The van der Waals surface area contributed by atoms with E-state index in [1.165, 1.54) is 10.6 Å². The van der Waals surface area contributed by atoms with E-state index in [-0.39, 0.29) is 5.91 Å². The number of ether oxygens (including phenoxy) is 1. The Morgan fingerprint density at radius 3 is 2.19 bits per heavy atom. The van der Waals surface area contributed by atoms with E-state index in [0.29, 0.717) is 0 Å². The number of rotatable bonds is 5. The van der Waals surface area contributed by atoms with E-state index >= 15 is 0 Å². The summed E-state index contributed by atoms with van der Waals surface area (Å²) < 4.78 is 5.55. The number of benzene rings is 2. The highest BCUT2D eigenvalue weighted by molar-refractivity contribution is 7.18. The summed E-state index contributed by atoms with van der Waals surface area (Å²) in [4.78, 5) is 21.1. The zero-order valence-corrected chi connectivity index (χ0v) is 19.1. The van der Waals surface area contributed by atoms with Crippen LogP contribution in [0.25, 0.3) is 11.1 Å². The number of thiophene rings is 1. The Kier molecular flexibility index (Phi) is 6.53. The number of nitrogens with zero attached hydrogens (tertiary/aromatic N) is 3. The van der Waals surface area contributed by atoms with E-state index in [0.717, 1.165) is 75.0 Å². The van der Waals surface area contributed by atoms with Crippen molar-refractivity contribution in [3.05, 3.63) is 77.2 Å². The molecule has 0 radical (unpaired) electrons. The van der Waals surface area contributed by atoms with Gasteiger partial charge in [-0.3, -0.25) is 9.69 Å². The van der Waals surface area contributed by atoms with E-state index in [4.69, 9.17) is 4.74 Å². The van der Waals surface area contributed by atoms with Crippen molar-refractivity contribution in [3.8, 4) is 11.1 Å². The highest BCUT2D eigenvalue weighted by atomic mass is 32.1. The van der Waals surface area contributed by atoms with Gasteiger partial charge in [0.05, 0.1) is 23.1 Å². The van der Waals surface area contributed by atoms with Crippen molar-refractivity contribution in [1.82, 2.24) is 9.80 Å². The summed E-state index contributed by atoms with van der Waals surface area (Å²) in [5.74, 6) is 0.158. The molecule has 5 nitrogen and oxygen atoms in total. The molecule has 32 heavy (non-hydrogen) atoms.